The van der Waals surface area contributed by atoms with Crippen LogP contribution < -0.4 is 0 Å². The quantitative estimate of drug-likeness (QED) is 0.137. The molecule has 4 heterocycles. The normalized spacial score (nSPS) is 12.0. The van der Waals surface area contributed by atoms with Crippen LogP contribution >= 0.6 is 0 Å². The molecule has 0 saturated heterocycles. The Hall–Kier alpha value is -4.40. The van der Waals surface area contributed by atoms with E-state index >= 15 is 0 Å². The van der Waals surface area contributed by atoms with Crippen molar-refractivity contribution in [2.24, 2.45) is 0 Å². The van der Waals surface area contributed by atoms with Gasteiger partial charge >= 0.3 is 21.1 Å². The zero-order valence-corrected chi connectivity index (χ0v) is 24.8. The molecule has 4 aromatic carbocycles. The molecule has 0 aliphatic rings. The number of nitrogens with zero attached hydrogens (tertiary/aromatic N) is 4. The Balaban J connectivity index is 0.00000276. The fourth-order valence-corrected chi connectivity index (χ4v) is 5.90. The van der Waals surface area contributed by atoms with E-state index in [9.17, 15) is 0 Å². The molecule has 4 aromatic heterocycles. The zero-order valence-electron chi connectivity index (χ0n) is 22.5. The van der Waals surface area contributed by atoms with Crippen molar-refractivity contribution in [1.29, 1.82) is 0 Å². The molecule has 0 bridgehead atoms. The van der Waals surface area contributed by atoms with E-state index in [0.717, 1.165) is 66.3 Å². The third kappa shape index (κ3) is 3.89. The maximum atomic E-state index is 4.97. The molecule has 5 heteroatoms. The number of benzene rings is 4. The van der Waals surface area contributed by atoms with Gasteiger partial charge in [-0.15, -0.1) is 64.5 Å². The first-order chi connectivity index (χ1) is 19.6. The van der Waals surface area contributed by atoms with Crippen molar-refractivity contribution in [2.75, 3.05) is 0 Å². The first kappa shape index (κ1) is 25.6. The molecule has 0 unspecified atom stereocenters. The number of rotatable bonds is 3. The third-order valence-electron chi connectivity index (χ3n) is 8.08. The van der Waals surface area contributed by atoms with Gasteiger partial charge in [0.15, 0.2) is 0 Å². The Labute approximate surface area is 252 Å². The number of hydrogen-bond donors (Lipinski definition) is 0. The molecule has 8 aromatic rings. The molecule has 8 rings (SSSR count). The van der Waals surface area contributed by atoms with E-state index in [2.05, 4.69) is 115 Å². The van der Waals surface area contributed by atoms with E-state index in [1.165, 1.54) is 5.39 Å². The van der Waals surface area contributed by atoms with Crippen LogP contribution in [0.25, 0.3) is 60.5 Å². The van der Waals surface area contributed by atoms with Crippen LogP contribution in [0.15, 0.2) is 109 Å². The van der Waals surface area contributed by atoms with Crippen molar-refractivity contribution in [3.8, 4) is 11.3 Å². The Bertz CT molecular complexity index is 2260. The number of para-hydroxylation sites is 2. The van der Waals surface area contributed by atoms with E-state index in [-0.39, 0.29) is 26.5 Å². The zero-order chi connectivity index (χ0) is 26.8. The van der Waals surface area contributed by atoms with Crippen molar-refractivity contribution in [1.82, 2.24) is 19.4 Å². The molecule has 0 fully saturated rings. The average molecular weight is 708 g/mol. The van der Waals surface area contributed by atoms with E-state index in [4.69, 9.17) is 15.0 Å². The van der Waals surface area contributed by atoms with Crippen molar-refractivity contribution < 1.29 is 21.1 Å². The van der Waals surface area contributed by atoms with Crippen LogP contribution in [0.2, 0.25) is 0 Å². The summed E-state index contributed by atoms with van der Waals surface area (Å²) in [7, 11) is 0. The van der Waals surface area contributed by atoms with Gasteiger partial charge in [-0.2, -0.15) is 0 Å². The summed E-state index contributed by atoms with van der Waals surface area (Å²) >= 11 is 0. The number of pyridine rings is 3. The van der Waals surface area contributed by atoms with Crippen molar-refractivity contribution in [2.45, 2.75) is 19.3 Å². The summed E-state index contributed by atoms with van der Waals surface area (Å²) < 4.78 is 2.24. The third-order valence-corrected chi connectivity index (χ3v) is 8.08. The Morgan fingerprint density at radius 2 is 1.46 bits per heavy atom. The molecular weight excluding hydrogens is 684 g/mol. The van der Waals surface area contributed by atoms with Gasteiger partial charge in [0.1, 0.15) is 5.65 Å². The monoisotopic (exact) mass is 707 g/mol. The summed E-state index contributed by atoms with van der Waals surface area (Å²) in [6.45, 7) is 4.47. The average Bonchev–Trinajstić information content (AvgIpc) is 3.41. The van der Waals surface area contributed by atoms with Gasteiger partial charge in [-0.25, -0.2) is 4.98 Å². The molecule has 4 nitrogen and oxygen atoms in total. The Morgan fingerprint density at radius 3 is 2.39 bits per heavy atom. The van der Waals surface area contributed by atoms with E-state index in [1.54, 1.807) is 0 Å². The number of hydrogen-bond acceptors (Lipinski definition) is 3. The summed E-state index contributed by atoms with van der Waals surface area (Å²) in [6, 6.07) is 41.0. The summed E-state index contributed by atoms with van der Waals surface area (Å²) in [5.41, 5.74) is 8.67. The smallest absolute Gasteiger partial charge is 0.335 e. The van der Waals surface area contributed by atoms with Crippen LogP contribution in [-0.2, 0) is 26.5 Å². The van der Waals surface area contributed by atoms with Gasteiger partial charge in [0, 0.05) is 23.3 Å². The Morgan fingerprint density at radius 1 is 0.659 bits per heavy atom. The maximum absolute atomic E-state index is 4.97. The summed E-state index contributed by atoms with van der Waals surface area (Å²) in [5.74, 6) is 0. The van der Waals surface area contributed by atoms with Crippen LogP contribution in [0.5, 0.6) is 0 Å². The molecule has 0 amide bonds. The summed E-state index contributed by atoms with van der Waals surface area (Å²) in [5, 5.41) is 4.31. The predicted molar refractivity (Wildman–Crippen MR) is 162 cm³/mol. The van der Waals surface area contributed by atoms with Crippen molar-refractivity contribution in [3.63, 3.8) is 0 Å². The van der Waals surface area contributed by atoms with Gasteiger partial charge in [0.25, 0.3) is 0 Å². The van der Waals surface area contributed by atoms with E-state index in [0.29, 0.717) is 0 Å². The van der Waals surface area contributed by atoms with Crippen LogP contribution in [0.3, 0.4) is 0 Å². The molecule has 0 saturated carbocycles. The van der Waals surface area contributed by atoms with Crippen LogP contribution in [0.1, 0.15) is 25.0 Å². The van der Waals surface area contributed by atoms with Gasteiger partial charge in [-0.3, -0.25) is 0 Å². The fraction of sp³-hybridized carbons (Fsp3) is 0.0833. The minimum absolute atomic E-state index is 0. The van der Waals surface area contributed by atoms with Crippen molar-refractivity contribution >= 4 is 49.3 Å². The molecule has 198 valence electrons. The first-order valence-corrected chi connectivity index (χ1v) is 13.5. The second kappa shape index (κ2) is 9.61. The predicted octanol–water partition coefficient (Wildman–Crippen LogP) is 8.33. The van der Waals surface area contributed by atoms with E-state index in [1.807, 2.05) is 24.5 Å². The Kier molecular flexibility index (Phi) is 5.99. The van der Waals surface area contributed by atoms with Crippen molar-refractivity contribution in [3.05, 3.63) is 133 Å². The molecule has 0 aliphatic heterocycles. The molecule has 41 heavy (non-hydrogen) atoms. The largest absolute Gasteiger partial charge is 2.00 e. The van der Waals surface area contributed by atoms with Gasteiger partial charge in [0.05, 0.1) is 11.0 Å². The SMILES string of the molecule is CC(C)(c1[c-]c(-c2nccc3ccccc23)ccc1)c1[c-]c2c3ncccc3c3nc4ccccc4n3c2cc1.[Pt+2]. The number of imidazole rings is 1. The van der Waals surface area contributed by atoms with Gasteiger partial charge in [0.2, 0.25) is 0 Å². The molecule has 0 atom stereocenters. The number of fused-ring (bicyclic) bond motifs is 9. The molecule has 0 spiro atoms. The van der Waals surface area contributed by atoms with Crippen LogP contribution in [0.4, 0.5) is 0 Å². The van der Waals surface area contributed by atoms with Gasteiger partial charge in [-0.05, 0) is 51.7 Å². The van der Waals surface area contributed by atoms with Gasteiger partial charge < -0.3 is 14.4 Å². The minimum atomic E-state index is -0.359. The van der Waals surface area contributed by atoms with Crippen LogP contribution in [-0.4, -0.2) is 19.4 Å². The second-order valence-corrected chi connectivity index (χ2v) is 10.8. The molecule has 0 aliphatic carbocycles. The fourth-order valence-electron chi connectivity index (χ4n) is 5.90. The van der Waals surface area contributed by atoms with Crippen LogP contribution in [0, 0.1) is 12.1 Å². The minimum Gasteiger partial charge on any atom is -0.335 e. The maximum Gasteiger partial charge on any atom is 2.00 e. The summed E-state index contributed by atoms with van der Waals surface area (Å²) in [6.07, 6.45) is 3.72. The summed E-state index contributed by atoms with van der Waals surface area (Å²) in [4.78, 5) is 14.5. The van der Waals surface area contributed by atoms with Gasteiger partial charge in [-0.1, -0.05) is 56.3 Å². The molecular formula is C36H24N4Pt. The van der Waals surface area contributed by atoms with E-state index < -0.39 is 0 Å². The topological polar surface area (TPSA) is 43.1 Å². The molecule has 0 N–H and O–H groups in total. The molecule has 0 radical (unpaired) electrons. The standard InChI is InChI=1S/C36H24N4.Pt/c1-36(2,25-11-7-10-24(21-25)33-27-12-4-3-9-23(27)18-20-38-33)26-16-17-31-29(22-26)34-28(13-8-19-37-34)35-39-30-14-5-6-15-32(30)40(31)35;/h3-20H,1-2H3;/q-2;+2. The second-order valence-electron chi connectivity index (χ2n) is 10.8. The first-order valence-electron chi connectivity index (χ1n) is 13.5. The number of aromatic nitrogens is 4.